The minimum atomic E-state index is -3.64. The van der Waals surface area contributed by atoms with Gasteiger partial charge < -0.3 is 0 Å². The Hall–Kier alpha value is -2.04. The molecule has 1 fully saturated rings. The van der Waals surface area contributed by atoms with E-state index in [4.69, 9.17) is 11.6 Å². The van der Waals surface area contributed by atoms with Crippen LogP contribution in [0.25, 0.3) is 5.65 Å². The molecule has 26 heavy (non-hydrogen) atoms. The molecule has 0 aliphatic carbocycles. The van der Waals surface area contributed by atoms with Gasteiger partial charge in [0.05, 0.1) is 11.9 Å². The molecule has 0 saturated carbocycles. The van der Waals surface area contributed by atoms with Crippen molar-refractivity contribution >= 4 is 27.3 Å². The van der Waals surface area contributed by atoms with Crippen LogP contribution in [0.4, 0.5) is 0 Å². The molecule has 0 unspecified atom stereocenters. The summed E-state index contributed by atoms with van der Waals surface area (Å²) in [4.78, 5) is 4.19. The Balaban J connectivity index is 1.55. The van der Waals surface area contributed by atoms with Crippen LogP contribution in [0, 0.1) is 6.92 Å². The number of sulfonamides is 1. The summed E-state index contributed by atoms with van der Waals surface area (Å²) in [6.07, 6.45) is 4.14. The molecular formula is C15H18ClN7O2S. The van der Waals surface area contributed by atoms with Gasteiger partial charge in [0.1, 0.15) is 16.4 Å². The molecule has 9 nitrogen and oxygen atoms in total. The first-order valence-electron chi connectivity index (χ1n) is 8.23. The number of aromatic nitrogens is 6. The van der Waals surface area contributed by atoms with E-state index in [1.807, 2.05) is 13.0 Å². The van der Waals surface area contributed by atoms with Crippen LogP contribution < -0.4 is 0 Å². The molecule has 0 amide bonds. The van der Waals surface area contributed by atoms with E-state index < -0.39 is 10.0 Å². The van der Waals surface area contributed by atoms with Crippen LogP contribution in [0.2, 0.25) is 5.15 Å². The van der Waals surface area contributed by atoms with E-state index in [0.717, 1.165) is 11.3 Å². The molecule has 0 aromatic carbocycles. The molecule has 0 bridgehead atoms. The molecule has 4 heterocycles. The molecule has 3 aromatic rings. The Bertz CT molecular complexity index is 1070. The van der Waals surface area contributed by atoms with E-state index in [9.17, 15) is 8.42 Å². The number of halogens is 1. The van der Waals surface area contributed by atoms with Gasteiger partial charge in [0.25, 0.3) is 0 Å². The average molecular weight is 396 g/mol. The fourth-order valence-electron chi connectivity index (χ4n) is 3.35. The van der Waals surface area contributed by atoms with Gasteiger partial charge >= 0.3 is 0 Å². The minimum absolute atomic E-state index is 0.0541. The summed E-state index contributed by atoms with van der Waals surface area (Å²) in [5.74, 6) is 0.180. The SMILES string of the molecule is Cc1cc2ncnn2nc1C1CCN(S(=O)(=O)c2cnn(C)c2Cl)CC1. The lowest BCUT2D eigenvalue weighted by molar-refractivity contribution is 0.314. The number of hydrogen-bond donors (Lipinski definition) is 0. The molecule has 1 saturated heterocycles. The number of nitrogens with zero attached hydrogens (tertiary/aromatic N) is 7. The van der Waals surface area contributed by atoms with Crippen molar-refractivity contribution in [3.63, 3.8) is 0 Å². The number of piperidine rings is 1. The molecule has 0 spiro atoms. The van der Waals surface area contributed by atoms with Gasteiger partial charge in [0.2, 0.25) is 10.0 Å². The van der Waals surface area contributed by atoms with E-state index in [1.165, 1.54) is 26.1 Å². The Morgan fingerprint density at radius 1 is 1.23 bits per heavy atom. The van der Waals surface area contributed by atoms with E-state index in [1.54, 1.807) is 7.05 Å². The first-order valence-corrected chi connectivity index (χ1v) is 10.0. The van der Waals surface area contributed by atoms with Crippen molar-refractivity contribution in [2.45, 2.75) is 30.6 Å². The van der Waals surface area contributed by atoms with Crippen molar-refractivity contribution in [2.24, 2.45) is 7.05 Å². The maximum absolute atomic E-state index is 12.8. The van der Waals surface area contributed by atoms with Gasteiger partial charge in [-0.05, 0) is 31.4 Å². The highest BCUT2D eigenvalue weighted by molar-refractivity contribution is 7.89. The quantitative estimate of drug-likeness (QED) is 0.664. The second-order valence-electron chi connectivity index (χ2n) is 6.42. The number of fused-ring (bicyclic) bond motifs is 1. The third kappa shape index (κ3) is 2.78. The Labute approximate surface area is 155 Å². The van der Waals surface area contributed by atoms with Crippen LogP contribution in [0.3, 0.4) is 0 Å². The van der Waals surface area contributed by atoms with Crippen molar-refractivity contribution in [3.8, 4) is 0 Å². The molecular weight excluding hydrogens is 378 g/mol. The highest BCUT2D eigenvalue weighted by atomic mass is 35.5. The zero-order valence-corrected chi connectivity index (χ0v) is 15.9. The summed E-state index contributed by atoms with van der Waals surface area (Å²) < 4.78 is 30.0. The van der Waals surface area contributed by atoms with Gasteiger partial charge in [-0.1, -0.05) is 11.6 Å². The Morgan fingerprint density at radius 3 is 2.62 bits per heavy atom. The summed E-state index contributed by atoms with van der Waals surface area (Å²) >= 11 is 6.07. The second-order valence-corrected chi connectivity index (χ2v) is 8.69. The molecule has 3 aromatic heterocycles. The third-order valence-corrected chi connectivity index (χ3v) is 7.26. The van der Waals surface area contributed by atoms with Crippen LogP contribution in [0.15, 0.2) is 23.5 Å². The van der Waals surface area contributed by atoms with Gasteiger partial charge in [0, 0.05) is 26.1 Å². The molecule has 1 aliphatic heterocycles. The lowest BCUT2D eigenvalue weighted by Gasteiger charge is -2.31. The van der Waals surface area contributed by atoms with Crippen LogP contribution in [-0.4, -0.2) is 55.4 Å². The molecule has 1 aliphatic rings. The number of aryl methyl sites for hydroxylation is 2. The summed E-state index contributed by atoms with van der Waals surface area (Å²) in [6.45, 7) is 2.82. The largest absolute Gasteiger partial charge is 0.256 e. The van der Waals surface area contributed by atoms with Gasteiger partial charge in [-0.2, -0.15) is 14.5 Å². The van der Waals surface area contributed by atoms with Crippen LogP contribution >= 0.6 is 11.6 Å². The van der Waals surface area contributed by atoms with Gasteiger partial charge in [-0.15, -0.1) is 9.73 Å². The predicted octanol–water partition coefficient (Wildman–Crippen LogP) is 1.39. The highest BCUT2D eigenvalue weighted by Gasteiger charge is 2.33. The smallest absolute Gasteiger partial charge is 0.247 e. The summed E-state index contributed by atoms with van der Waals surface area (Å²) in [5, 5.41) is 12.7. The first kappa shape index (κ1) is 17.4. The van der Waals surface area contributed by atoms with Crippen LogP contribution in [0.1, 0.15) is 30.0 Å². The van der Waals surface area contributed by atoms with Gasteiger partial charge in [0.15, 0.2) is 5.65 Å². The standard InChI is InChI=1S/C15H18ClN7O2S/c1-10-7-13-17-9-19-23(13)20-14(10)11-3-5-22(6-4-11)26(24,25)12-8-18-21(2)15(12)16/h7-9,11H,3-6H2,1-2H3. The lowest BCUT2D eigenvalue weighted by Crippen LogP contribution is -2.38. The molecule has 138 valence electrons. The fraction of sp³-hybridized carbons (Fsp3) is 0.467. The number of hydrogen-bond acceptors (Lipinski definition) is 6. The first-order chi connectivity index (χ1) is 12.4. The summed E-state index contributed by atoms with van der Waals surface area (Å²) in [7, 11) is -2.03. The highest BCUT2D eigenvalue weighted by Crippen LogP contribution is 2.32. The average Bonchev–Trinajstić information content (AvgIpc) is 3.21. The van der Waals surface area contributed by atoms with Gasteiger partial charge in [-0.25, -0.2) is 13.4 Å². The summed E-state index contributed by atoms with van der Waals surface area (Å²) in [5.41, 5.74) is 2.69. The predicted molar refractivity (Wildman–Crippen MR) is 94.5 cm³/mol. The normalized spacial score (nSPS) is 17.2. The molecule has 11 heteroatoms. The monoisotopic (exact) mass is 395 g/mol. The van der Waals surface area contributed by atoms with Crippen molar-refractivity contribution in [2.75, 3.05) is 13.1 Å². The molecule has 0 atom stereocenters. The zero-order valence-electron chi connectivity index (χ0n) is 14.4. The lowest BCUT2D eigenvalue weighted by atomic mass is 9.92. The Kier molecular flexibility index (Phi) is 4.20. The van der Waals surface area contributed by atoms with E-state index in [-0.39, 0.29) is 16.0 Å². The van der Waals surface area contributed by atoms with Crippen molar-refractivity contribution in [1.29, 1.82) is 0 Å². The zero-order chi connectivity index (χ0) is 18.5. The summed E-state index contributed by atoms with van der Waals surface area (Å²) in [6, 6.07) is 1.95. The number of rotatable bonds is 3. The van der Waals surface area contributed by atoms with Crippen LogP contribution in [-0.2, 0) is 17.1 Å². The fourth-order valence-corrected chi connectivity index (χ4v) is 5.23. The maximum Gasteiger partial charge on any atom is 0.247 e. The van der Waals surface area contributed by atoms with Crippen LogP contribution in [0.5, 0.6) is 0 Å². The van der Waals surface area contributed by atoms with E-state index in [0.29, 0.717) is 31.6 Å². The van der Waals surface area contributed by atoms with Crippen molar-refractivity contribution in [1.82, 2.24) is 33.9 Å². The van der Waals surface area contributed by atoms with Crippen molar-refractivity contribution in [3.05, 3.63) is 35.0 Å². The van der Waals surface area contributed by atoms with E-state index in [2.05, 4.69) is 20.3 Å². The van der Waals surface area contributed by atoms with E-state index >= 15 is 0 Å². The Morgan fingerprint density at radius 2 is 1.96 bits per heavy atom. The molecule has 0 N–H and O–H groups in total. The topological polar surface area (TPSA) is 98.3 Å². The minimum Gasteiger partial charge on any atom is -0.256 e. The van der Waals surface area contributed by atoms with Crippen molar-refractivity contribution < 1.29 is 8.42 Å². The maximum atomic E-state index is 12.8. The third-order valence-electron chi connectivity index (χ3n) is 4.80. The molecule has 4 rings (SSSR count). The second kappa shape index (κ2) is 6.29. The van der Waals surface area contributed by atoms with Gasteiger partial charge in [-0.3, -0.25) is 4.68 Å². The molecule has 0 radical (unpaired) electrons.